The molecule has 2 N–H and O–H groups in total. The minimum Gasteiger partial charge on any atom is -0.349 e. The van der Waals surface area contributed by atoms with Crippen LogP contribution in [-0.4, -0.2) is 38.1 Å². The first-order valence-electron chi connectivity index (χ1n) is 4.68. The van der Waals surface area contributed by atoms with Crippen molar-refractivity contribution in [3.05, 3.63) is 21.9 Å². The molecule has 0 fully saturated rings. The molecule has 2 heterocycles. The number of hydrogen-bond acceptors (Lipinski definition) is 6. The number of hydrogen-bond donors (Lipinski definition) is 2. The highest BCUT2D eigenvalue weighted by atomic mass is 32.1. The van der Waals surface area contributed by atoms with Crippen LogP contribution < -0.4 is 5.32 Å². The first kappa shape index (κ1) is 10.7. The van der Waals surface area contributed by atoms with Crippen molar-refractivity contribution >= 4 is 17.2 Å². The van der Waals surface area contributed by atoms with Gasteiger partial charge in [0.1, 0.15) is 0 Å². The lowest BCUT2D eigenvalue weighted by Crippen LogP contribution is -2.26. The summed E-state index contributed by atoms with van der Waals surface area (Å²) in [5.41, 5.74) is 0.982. The Labute approximate surface area is 95.3 Å². The van der Waals surface area contributed by atoms with Crippen molar-refractivity contribution in [1.82, 2.24) is 30.9 Å². The normalized spacial score (nSPS) is 10.3. The third kappa shape index (κ3) is 2.60. The Kier molecular flexibility index (Phi) is 3.20. The molecule has 0 radical (unpaired) electrons. The van der Waals surface area contributed by atoms with Crippen molar-refractivity contribution in [3.8, 4) is 0 Å². The van der Waals surface area contributed by atoms with E-state index in [1.807, 2.05) is 12.3 Å². The van der Waals surface area contributed by atoms with Crippen molar-refractivity contribution in [1.29, 1.82) is 0 Å². The summed E-state index contributed by atoms with van der Waals surface area (Å²) in [5, 5.41) is 18.4. The van der Waals surface area contributed by atoms with Crippen molar-refractivity contribution in [3.63, 3.8) is 0 Å². The maximum atomic E-state index is 11.4. The fourth-order valence-corrected chi connectivity index (χ4v) is 1.81. The summed E-state index contributed by atoms with van der Waals surface area (Å²) in [6.07, 6.45) is 0.702. The van der Waals surface area contributed by atoms with Crippen LogP contribution in [0.25, 0.3) is 0 Å². The Hall–Kier alpha value is -1.83. The summed E-state index contributed by atoms with van der Waals surface area (Å²) in [7, 11) is 0. The zero-order valence-electron chi connectivity index (χ0n) is 8.60. The first-order valence-corrected chi connectivity index (χ1v) is 5.56. The predicted molar refractivity (Wildman–Crippen MR) is 57.1 cm³/mol. The maximum Gasteiger partial charge on any atom is 0.292 e. The number of nitrogens with one attached hydrogen (secondary N) is 2. The minimum absolute atomic E-state index is 0.0504. The van der Waals surface area contributed by atoms with Crippen molar-refractivity contribution < 1.29 is 4.79 Å². The Bertz CT molecular complexity index is 465. The van der Waals surface area contributed by atoms with E-state index in [2.05, 4.69) is 30.9 Å². The molecule has 8 heteroatoms. The molecule has 2 aromatic rings. The Balaban J connectivity index is 1.78. The van der Waals surface area contributed by atoms with E-state index in [1.54, 1.807) is 11.3 Å². The molecule has 0 saturated carbocycles. The van der Waals surface area contributed by atoms with Crippen molar-refractivity contribution in [2.45, 2.75) is 13.3 Å². The summed E-state index contributed by atoms with van der Waals surface area (Å²) in [6, 6.07) is 0. The number of tetrazole rings is 1. The Morgan fingerprint density at radius 3 is 3.12 bits per heavy atom. The van der Waals surface area contributed by atoms with Crippen LogP contribution in [0.5, 0.6) is 0 Å². The average molecular weight is 238 g/mol. The van der Waals surface area contributed by atoms with Crippen LogP contribution in [0.4, 0.5) is 0 Å². The molecule has 0 spiro atoms. The smallest absolute Gasteiger partial charge is 0.292 e. The lowest BCUT2D eigenvalue weighted by atomic mass is 10.3. The van der Waals surface area contributed by atoms with E-state index in [4.69, 9.17) is 0 Å². The molecule has 1 amide bonds. The summed E-state index contributed by atoms with van der Waals surface area (Å²) < 4.78 is 0. The second-order valence-corrected chi connectivity index (χ2v) is 4.16. The molecule has 0 aliphatic carbocycles. The number of thiazole rings is 1. The highest BCUT2D eigenvalue weighted by Crippen LogP contribution is 2.07. The standard InChI is InChI=1S/C8H10N6OS/c1-5-10-6(4-16-5)2-3-9-8(15)7-11-13-14-12-7/h4H,2-3H2,1H3,(H,9,15)(H,11,12,13,14). The van der Waals surface area contributed by atoms with Gasteiger partial charge in [-0.3, -0.25) is 4.79 Å². The van der Waals surface area contributed by atoms with Crippen LogP contribution in [0.3, 0.4) is 0 Å². The summed E-state index contributed by atoms with van der Waals surface area (Å²) in [5.74, 6) is -0.282. The van der Waals surface area contributed by atoms with E-state index in [-0.39, 0.29) is 11.7 Å². The number of H-pyrrole nitrogens is 1. The molecule has 0 unspecified atom stereocenters. The van der Waals surface area contributed by atoms with E-state index in [1.165, 1.54) is 0 Å². The fraction of sp³-hybridized carbons (Fsp3) is 0.375. The van der Waals surface area contributed by atoms with Crippen LogP contribution in [0.2, 0.25) is 0 Å². The second kappa shape index (κ2) is 4.79. The second-order valence-electron chi connectivity index (χ2n) is 3.10. The van der Waals surface area contributed by atoms with Gasteiger partial charge in [0, 0.05) is 18.3 Å². The molecule has 16 heavy (non-hydrogen) atoms. The molecule has 7 nitrogen and oxygen atoms in total. The monoisotopic (exact) mass is 238 g/mol. The van der Waals surface area contributed by atoms with Gasteiger partial charge >= 0.3 is 0 Å². The van der Waals surface area contributed by atoms with Gasteiger partial charge in [-0.25, -0.2) is 4.98 Å². The fourth-order valence-electron chi connectivity index (χ4n) is 1.16. The number of aromatic amines is 1. The first-order chi connectivity index (χ1) is 7.75. The number of aryl methyl sites for hydroxylation is 1. The predicted octanol–water partition coefficient (Wildman–Crippen LogP) is -0.0629. The SMILES string of the molecule is Cc1nc(CCNC(=O)c2nn[nH]n2)cs1. The van der Waals surface area contributed by atoms with Crippen LogP contribution in [-0.2, 0) is 6.42 Å². The number of carbonyl (C=O) groups is 1. The van der Waals surface area contributed by atoms with Gasteiger partial charge in [-0.2, -0.15) is 5.21 Å². The van der Waals surface area contributed by atoms with E-state index >= 15 is 0 Å². The molecule has 2 rings (SSSR count). The van der Waals surface area contributed by atoms with Gasteiger partial charge in [0.25, 0.3) is 11.7 Å². The van der Waals surface area contributed by atoms with E-state index in [0.29, 0.717) is 13.0 Å². The topological polar surface area (TPSA) is 96.5 Å². The summed E-state index contributed by atoms with van der Waals surface area (Å²) in [6.45, 7) is 2.46. The quantitative estimate of drug-likeness (QED) is 0.777. The van der Waals surface area contributed by atoms with Crippen LogP contribution >= 0.6 is 11.3 Å². The molecule has 0 bridgehead atoms. The van der Waals surface area contributed by atoms with Crippen LogP contribution in [0.1, 0.15) is 21.3 Å². The molecular formula is C8H10N6OS. The summed E-state index contributed by atoms with van der Waals surface area (Å²) >= 11 is 1.60. The molecule has 0 atom stereocenters. The molecule has 2 aromatic heterocycles. The zero-order chi connectivity index (χ0) is 11.4. The number of nitrogens with zero attached hydrogens (tertiary/aromatic N) is 4. The van der Waals surface area contributed by atoms with Crippen molar-refractivity contribution in [2.24, 2.45) is 0 Å². The van der Waals surface area contributed by atoms with Gasteiger partial charge in [-0.05, 0) is 12.1 Å². The maximum absolute atomic E-state index is 11.4. The van der Waals surface area contributed by atoms with Gasteiger partial charge in [0.05, 0.1) is 10.7 Å². The van der Waals surface area contributed by atoms with E-state index < -0.39 is 0 Å². The van der Waals surface area contributed by atoms with Gasteiger partial charge < -0.3 is 5.32 Å². The number of rotatable bonds is 4. The molecule has 0 aliphatic rings. The summed E-state index contributed by atoms with van der Waals surface area (Å²) in [4.78, 5) is 15.7. The average Bonchev–Trinajstić information content (AvgIpc) is 2.89. The minimum atomic E-state index is -0.333. The molecule has 0 saturated heterocycles. The molecule has 0 aromatic carbocycles. The highest BCUT2D eigenvalue weighted by Gasteiger charge is 2.09. The van der Waals surface area contributed by atoms with Crippen molar-refractivity contribution in [2.75, 3.05) is 6.54 Å². The third-order valence-corrected chi connectivity index (χ3v) is 2.70. The van der Waals surface area contributed by atoms with Crippen LogP contribution in [0, 0.1) is 6.92 Å². The van der Waals surface area contributed by atoms with Gasteiger partial charge in [-0.1, -0.05) is 0 Å². The highest BCUT2D eigenvalue weighted by molar-refractivity contribution is 7.09. The van der Waals surface area contributed by atoms with E-state index in [0.717, 1.165) is 10.7 Å². The largest absolute Gasteiger partial charge is 0.349 e. The molecular weight excluding hydrogens is 228 g/mol. The lowest BCUT2D eigenvalue weighted by Gasteiger charge is -1.99. The third-order valence-electron chi connectivity index (χ3n) is 1.88. The Morgan fingerprint density at radius 2 is 2.50 bits per heavy atom. The van der Waals surface area contributed by atoms with Gasteiger partial charge in [0.15, 0.2) is 0 Å². The number of amides is 1. The number of carbonyl (C=O) groups excluding carboxylic acids is 1. The molecule has 84 valence electrons. The lowest BCUT2D eigenvalue weighted by molar-refractivity contribution is 0.0944. The number of aromatic nitrogens is 5. The van der Waals surface area contributed by atoms with E-state index in [9.17, 15) is 4.79 Å². The van der Waals surface area contributed by atoms with Gasteiger partial charge in [0.2, 0.25) is 0 Å². The Morgan fingerprint density at radius 1 is 1.62 bits per heavy atom. The van der Waals surface area contributed by atoms with Crippen LogP contribution in [0.15, 0.2) is 5.38 Å². The van der Waals surface area contributed by atoms with Gasteiger partial charge in [-0.15, -0.1) is 21.5 Å². The molecule has 0 aliphatic heterocycles. The zero-order valence-corrected chi connectivity index (χ0v) is 9.41.